The molecule has 5 nitrogen and oxygen atoms in total. The maximum Gasteiger partial charge on any atom is 0.259 e. The lowest BCUT2D eigenvalue weighted by Crippen LogP contribution is -2.46. The maximum absolute atomic E-state index is 14.0. The normalized spacial score (nSPS) is 15.5. The van der Waals surface area contributed by atoms with Gasteiger partial charge in [0.15, 0.2) is 0 Å². The van der Waals surface area contributed by atoms with Gasteiger partial charge in [0.1, 0.15) is 17.3 Å². The number of hydrogen-bond donors (Lipinski definition) is 0. The van der Waals surface area contributed by atoms with E-state index in [9.17, 15) is 9.18 Å². The molecule has 0 bridgehead atoms. The zero-order valence-corrected chi connectivity index (χ0v) is 14.9. The van der Waals surface area contributed by atoms with Crippen molar-refractivity contribution in [3.8, 4) is 0 Å². The van der Waals surface area contributed by atoms with Gasteiger partial charge in [0.25, 0.3) is 5.56 Å². The molecule has 1 aliphatic heterocycles. The number of aromatic nitrogens is 2. The van der Waals surface area contributed by atoms with E-state index in [4.69, 9.17) is 11.6 Å². The van der Waals surface area contributed by atoms with E-state index in [1.54, 1.807) is 24.4 Å². The number of pyridine rings is 1. The Bertz CT molecular complexity index is 978. The number of hydrogen-bond acceptors (Lipinski definition) is 4. The molecule has 3 heterocycles. The Kier molecular flexibility index (Phi) is 4.61. The smallest absolute Gasteiger partial charge is 0.259 e. The molecule has 134 valence electrons. The van der Waals surface area contributed by atoms with E-state index < -0.39 is 0 Å². The average molecular weight is 373 g/mol. The lowest BCUT2D eigenvalue weighted by Gasteiger charge is -2.35. The molecule has 1 fully saturated rings. The van der Waals surface area contributed by atoms with Crippen molar-refractivity contribution in [2.45, 2.75) is 6.54 Å². The molecule has 0 radical (unpaired) electrons. The molecule has 0 unspecified atom stereocenters. The molecule has 2 aromatic heterocycles. The van der Waals surface area contributed by atoms with Gasteiger partial charge in [-0.05, 0) is 24.3 Å². The fraction of sp³-hybridized carbons (Fsp3) is 0.263. The van der Waals surface area contributed by atoms with Crippen molar-refractivity contribution in [3.63, 3.8) is 0 Å². The molecule has 0 atom stereocenters. The van der Waals surface area contributed by atoms with E-state index in [1.165, 1.54) is 10.5 Å². The number of benzene rings is 1. The van der Waals surface area contributed by atoms with E-state index in [0.29, 0.717) is 28.6 Å². The van der Waals surface area contributed by atoms with Crippen molar-refractivity contribution in [2.75, 3.05) is 31.1 Å². The molecule has 1 saturated heterocycles. The quantitative estimate of drug-likeness (QED) is 0.709. The van der Waals surface area contributed by atoms with Crippen LogP contribution in [-0.2, 0) is 6.54 Å². The van der Waals surface area contributed by atoms with Crippen molar-refractivity contribution in [1.82, 2.24) is 14.3 Å². The van der Waals surface area contributed by atoms with E-state index in [2.05, 4.69) is 14.8 Å². The van der Waals surface area contributed by atoms with Crippen LogP contribution in [0.4, 0.5) is 10.2 Å². The summed E-state index contributed by atoms with van der Waals surface area (Å²) >= 11 is 6.12. The Balaban J connectivity index is 1.48. The van der Waals surface area contributed by atoms with Crippen LogP contribution in [0, 0.1) is 5.82 Å². The minimum Gasteiger partial charge on any atom is -0.354 e. The SMILES string of the molecule is O=c1cc(N2CCN(Cc3c(F)cccc3Cl)CC2)nc2ccccn12. The number of piperazine rings is 1. The number of anilines is 1. The summed E-state index contributed by atoms with van der Waals surface area (Å²) in [5.41, 5.74) is 1.08. The van der Waals surface area contributed by atoms with E-state index in [0.717, 1.165) is 26.2 Å². The second-order valence-corrected chi connectivity index (χ2v) is 6.75. The van der Waals surface area contributed by atoms with Crippen LogP contribution in [0.15, 0.2) is 53.5 Å². The standard InChI is InChI=1S/C19H18ClFN4O/c20-15-4-3-5-16(21)14(15)13-23-8-10-24(11-9-23)18-12-19(26)25-7-2-1-6-17(25)22-18/h1-7,12H,8-11,13H2. The fourth-order valence-electron chi connectivity index (χ4n) is 3.25. The largest absolute Gasteiger partial charge is 0.354 e. The Hall–Kier alpha value is -2.44. The predicted octanol–water partition coefficient (Wildman–Crippen LogP) is 2.81. The number of fused-ring (bicyclic) bond motifs is 1. The van der Waals surface area contributed by atoms with Crippen molar-refractivity contribution < 1.29 is 4.39 Å². The summed E-state index contributed by atoms with van der Waals surface area (Å²) in [6, 6.07) is 11.8. The summed E-state index contributed by atoms with van der Waals surface area (Å²) in [4.78, 5) is 21.1. The van der Waals surface area contributed by atoms with Gasteiger partial charge in [0.2, 0.25) is 0 Å². The van der Waals surface area contributed by atoms with Gasteiger partial charge in [0, 0.05) is 55.6 Å². The lowest BCUT2D eigenvalue weighted by molar-refractivity contribution is 0.246. The molecule has 7 heteroatoms. The van der Waals surface area contributed by atoms with Gasteiger partial charge in [-0.2, -0.15) is 0 Å². The van der Waals surface area contributed by atoms with Crippen LogP contribution in [0.3, 0.4) is 0 Å². The highest BCUT2D eigenvalue weighted by Crippen LogP contribution is 2.22. The molecule has 4 rings (SSSR count). The summed E-state index contributed by atoms with van der Waals surface area (Å²) in [7, 11) is 0. The molecular weight excluding hydrogens is 355 g/mol. The van der Waals surface area contributed by atoms with Crippen molar-refractivity contribution in [2.24, 2.45) is 0 Å². The Morgan fingerprint density at radius 3 is 2.65 bits per heavy atom. The summed E-state index contributed by atoms with van der Waals surface area (Å²) in [5, 5.41) is 0.455. The van der Waals surface area contributed by atoms with Gasteiger partial charge < -0.3 is 4.90 Å². The van der Waals surface area contributed by atoms with Gasteiger partial charge in [-0.1, -0.05) is 23.7 Å². The minimum atomic E-state index is -0.274. The fourth-order valence-corrected chi connectivity index (χ4v) is 3.47. The molecule has 3 aromatic rings. The highest BCUT2D eigenvalue weighted by Gasteiger charge is 2.20. The zero-order valence-electron chi connectivity index (χ0n) is 14.1. The number of halogens is 2. The van der Waals surface area contributed by atoms with Crippen LogP contribution in [0.1, 0.15) is 5.56 Å². The topological polar surface area (TPSA) is 40.9 Å². The Morgan fingerprint density at radius 2 is 1.88 bits per heavy atom. The molecule has 26 heavy (non-hydrogen) atoms. The van der Waals surface area contributed by atoms with E-state index in [1.807, 2.05) is 18.2 Å². The summed E-state index contributed by atoms with van der Waals surface area (Å²) in [6.45, 7) is 3.43. The molecule has 0 saturated carbocycles. The average Bonchev–Trinajstić information content (AvgIpc) is 2.65. The second-order valence-electron chi connectivity index (χ2n) is 6.34. The molecule has 0 N–H and O–H groups in total. The van der Waals surface area contributed by atoms with Crippen molar-refractivity contribution in [3.05, 3.63) is 75.4 Å². The molecule has 0 aliphatic carbocycles. The third kappa shape index (κ3) is 3.30. The second kappa shape index (κ2) is 7.05. The molecule has 1 aliphatic rings. The Morgan fingerprint density at radius 1 is 1.08 bits per heavy atom. The minimum absolute atomic E-state index is 0.0915. The molecule has 0 spiro atoms. The highest BCUT2D eigenvalue weighted by atomic mass is 35.5. The first-order valence-electron chi connectivity index (χ1n) is 8.50. The first kappa shape index (κ1) is 17.0. The van der Waals surface area contributed by atoms with Gasteiger partial charge in [-0.3, -0.25) is 14.1 Å². The zero-order chi connectivity index (χ0) is 18.1. The predicted molar refractivity (Wildman–Crippen MR) is 100 cm³/mol. The van der Waals surface area contributed by atoms with Gasteiger partial charge in [-0.15, -0.1) is 0 Å². The van der Waals surface area contributed by atoms with Crippen LogP contribution in [-0.4, -0.2) is 40.5 Å². The molecular formula is C19H18ClFN4O. The van der Waals surface area contributed by atoms with Crippen LogP contribution in [0.5, 0.6) is 0 Å². The third-order valence-corrected chi connectivity index (χ3v) is 5.05. The van der Waals surface area contributed by atoms with Crippen molar-refractivity contribution >= 4 is 23.1 Å². The van der Waals surface area contributed by atoms with Gasteiger partial charge in [0.05, 0.1) is 0 Å². The first-order valence-corrected chi connectivity index (χ1v) is 8.88. The van der Waals surface area contributed by atoms with E-state index in [-0.39, 0.29) is 11.4 Å². The molecule has 1 aromatic carbocycles. The highest BCUT2D eigenvalue weighted by molar-refractivity contribution is 6.31. The van der Waals surface area contributed by atoms with Crippen LogP contribution in [0.2, 0.25) is 5.02 Å². The summed E-state index contributed by atoms with van der Waals surface area (Å²) in [6.07, 6.45) is 1.71. The number of nitrogens with zero attached hydrogens (tertiary/aromatic N) is 4. The van der Waals surface area contributed by atoms with Gasteiger partial charge in [-0.25, -0.2) is 9.37 Å². The van der Waals surface area contributed by atoms with Crippen LogP contribution >= 0.6 is 11.6 Å². The summed E-state index contributed by atoms with van der Waals surface area (Å²) < 4.78 is 15.5. The Labute approximate surface area is 155 Å². The third-order valence-electron chi connectivity index (χ3n) is 4.70. The molecule has 0 amide bonds. The van der Waals surface area contributed by atoms with Gasteiger partial charge >= 0.3 is 0 Å². The summed E-state index contributed by atoms with van der Waals surface area (Å²) in [5.74, 6) is 0.411. The first-order chi connectivity index (χ1) is 12.6. The number of rotatable bonds is 3. The van der Waals surface area contributed by atoms with E-state index >= 15 is 0 Å². The lowest BCUT2D eigenvalue weighted by atomic mass is 10.2. The van der Waals surface area contributed by atoms with Crippen LogP contribution in [0.25, 0.3) is 5.65 Å². The maximum atomic E-state index is 14.0. The van der Waals surface area contributed by atoms with Crippen molar-refractivity contribution in [1.29, 1.82) is 0 Å². The van der Waals surface area contributed by atoms with Crippen LogP contribution < -0.4 is 10.5 Å². The monoisotopic (exact) mass is 372 g/mol.